The van der Waals surface area contributed by atoms with Crippen molar-refractivity contribution in [2.45, 2.75) is 0 Å². The minimum Gasteiger partial charge on any atom is -0.422 e. The van der Waals surface area contributed by atoms with Gasteiger partial charge in [0.15, 0.2) is 5.75 Å². The molecule has 0 bridgehead atoms. The lowest BCUT2D eigenvalue weighted by atomic mass is 10.2. The average Bonchev–Trinajstić information content (AvgIpc) is 2.43. The first kappa shape index (κ1) is 13.7. The number of halogens is 2. The van der Waals surface area contributed by atoms with Crippen LogP contribution in [0, 0.1) is 0 Å². The van der Waals surface area contributed by atoms with Gasteiger partial charge in [-0.2, -0.15) is 0 Å². The van der Waals surface area contributed by atoms with Gasteiger partial charge in [0.25, 0.3) is 0 Å². The van der Waals surface area contributed by atoms with Crippen molar-refractivity contribution in [3.05, 3.63) is 70.2 Å². The molecule has 0 fully saturated rings. The molecule has 0 aliphatic rings. The fourth-order valence-corrected chi connectivity index (χ4v) is 1.76. The largest absolute Gasteiger partial charge is 0.422 e. The molecule has 0 aromatic heterocycles. The minimum atomic E-state index is -0.506. The smallest absolute Gasteiger partial charge is 0.336 e. The molecule has 0 unspecified atom stereocenters. The molecular weight excluding hydrogens is 283 g/mol. The molecular formula is C15H10Cl2O2. The van der Waals surface area contributed by atoms with Gasteiger partial charge in [0.1, 0.15) is 5.02 Å². The third-order valence-corrected chi connectivity index (χ3v) is 3.14. The van der Waals surface area contributed by atoms with Crippen LogP contribution < -0.4 is 4.74 Å². The van der Waals surface area contributed by atoms with Crippen molar-refractivity contribution in [2.24, 2.45) is 0 Å². The van der Waals surface area contributed by atoms with Crippen LogP contribution in [-0.4, -0.2) is 5.97 Å². The van der Waals surface area contributed by atoms with Gasteiger partial charge in [-0.3, -0.25) is 0 Å². The van der Waals surface area contributed by atoms with Gasteiger partial charge in [-0.1, -0.05) is 59.6 Å². The van der Waals surface area contributed by atoms with E-state index in [0.29, 0.717) is 5.02 Å². The molecule has 0 spiro atoms. The molecule has 0 aliphatic heterocycles. The number of benzene rings is 2. The Labute approximate surface area is 121 Å². The van der Waals surface area contributed by atoms with Crippen LogP contribution in [0.1, 0.15) is 5.56 Å². The molecule has 0 heterocycles. The molecule has 0 N–H and O–H groups in total. The molecule has 0 saturated heterocycles. The fourth-order valence-electron chi connectivity index (χ4n) is 1.43. The van der Waals surface area contributed by atoms with E-state index in [4.69, 9.17) is 27.9 Å². The van der Waals surface area contributed by atoms with Crippen molar-refractivity contribution in [1.29, 1.82) is 0 Å². The summed E-state index contributed by atoms with van der Waals surface area (Å²) in [4.78, 5) is 11.6. The molecule has 2 nitrogen and oxygen atoms in total. The topological polar surface area (TPSA) is 26.3 Å². The summed E-state index contributed by atoms with van der Waals surface area (Å²) in [5.74, 6) is -0.259. The zero-order valence-corrected chi connectivity index (χ0v) is 11.4. The number of carbonyl (C=O) groups is 1. The first-order valence-corrected chi connectivity index (χ1v) is 6.31. The molecule has 2 aromatic rings. The molecule has 0 atom stereocenters. The Morgan fingerprint density at radius 3 is 2.47 bits per heavy atom. The monoisotopic (exact) mass is 292 g/mol. The SMILES string of the molecule is O=C(C=Cc1ccccc1)Oc1cccc(Cl)c1Cl. The van der Waals surface area contributed by atoms with Gasteiger partial charge in [0.05, 0.1) is 5.02 Å². The molecule has 2 rings (SSSR count). The summed E-state index contributed by atoms with van der Waals surface area (Å²) >= 11 is 11.8. The maximum Gasteiger partial charge on any atom is 0.336 e. The summed E-state index contributed by atoms with van der Waals surface area (Å²) in [6.07, 6.45) is 3.01. The Morgan fingerprint density at radius 1 is 1.00 bits per heavy atom. The fraction of sp³-hybridized carbons (Fsp3) is 0. The molecule has 0 radical (unpaired) electrons. The van der Waals surface area contributed by atoms with Crippen LogP contribution in [0.4, 0.5) is 0 Å². The Bertz CT molecular complexity index is 607. The summed E-state index contributed by atoms with van der Waals surface area (Å²) in [5, 5.41) is 0.574. The van der Waals surface area contributed by atoms with Crippen LogP contribution in [0.5, 0.6) is 5.75 Å². The lowest BCUT2D eigenvalue weighted by Crippen LogP contribution is -2.04. The zero-order chi connectivity index (χ0) is 13.7. The first-order chi connectivity index (χ1) is 9.16. The van der Waals surface area contributed by atoms with E-state index in [2.05, 4.69) is 0 Å². The lowest BCUT2D eigenvalue weighted by Gasteiger charge is -2.04. The van der Waals surface area contributed by atoms with Gasteiger partial charge in [0.2, 0.25) is 0 Å². The van der Waals surface area contributed by atoms with Crippen molar-refractivity contribution in [1.82, 2.24) is 0 Å². The third kappa shape index (κ3) is 3.85. The number of esters is 1. The van der Waals surface area contributed by atoms with Crippen LogP contribution >= 0.6 is 23.2 Å². The highest BCUT2D eigenvalue weighted by Crippen LogP contribution is 2.31. The molecule has 4 heteroatoms. The minimum absolute atomic E-state index is 0.227. The molecule has 2 aromatic carbocycles. The van der Waals surface area contributed by atoms with Crippen LogP contribution in [0.15, 0.2) is 54.6 Å². The van der Waals surface area contributed by atoms with Crippen LogP contribution in [0.2, 0.25) is 10.0 Å². The van der Waals surface area contributed by atoms with Crippen molar-refractivity contribution in [2.75, 3.05) is 0 Å². The predicted octanol–water partition coefficient (Wildman–Crippen LogP) is 4.61. The predicted molar refractivity (Wildman–Crippen MR) is 77.6 cm³/mol. The standard InChI is InChI=1S/C15H10Cl2O2/c16-12-7-4-8-13(15(12)17)19-14(18)10-9-11-5-2-1-3-6-11/h1-10H. The van der Waals surface area contributed by atoms with Gasteiger partial charge in [-0.25, -0.2) is 4.79 Å². The maximum absolute atomic E-state index is 11.6. The highest BCUT2D eigenvalue weighted by atomic mass is 35.5. The van der Waals surface area contributed by atoms with Crippen LogP contribution in [-0.2, 0) is 4.79 Å². The van der Waals surface area contributed by atoms with E-state index in [0.717, 1.165) is 5.56 Å². The summed E-state index contributed by atoms with van der Waals surface area (Å²) in [6, 6.07) is 14.3. The van der Waals surface area contributed by atoms with E-state index in [1.165, 1.54) is 6.08 Å². The van der Waals surface area contributed by atoms with Crippen molar-refractivity contribution >= 4 is 35.2 Å². The van der Waals surface area contributed by atoms with E-state index in [9.17, 15) is 4.79 Å². The number of hydrogen-bond acceptors (Lipinski definition) is 2. The molecule has 0 amide bonds. The summed E-state index contributed by atoms with van der Waals surface area (Å²) < 4.78 is 5.11. The Morgan fingerprint density at radius 2 is 1.74 bits per heavy atom. The Balaban J connectivity index is 2.06. The van der Waals surface area contributed by atoms with E-state index < -0.39 is 5.97 Å². The van der Waals surface area contributed by atoms with Crippen molar-refractivity contribution in [3.8, 4) is 5.75 Å². The average molecular weight is 293 g/mol. The molecule has 19 heavy (non-hydrogen) atoms. The highest BCUT2D eigenvalue weighted by molar-refractivity contribution is 6.43. The lowest BCUT2D eigenvalue weighted by molar-refractivity contribution is -0.128. The second-order valence-corrected chi connectivity index (χ2v) is 4.50. The number of carbonyl (C=O) groups excluding carboxylic acids is 1. The van der Waals surface area contributed by atoms with E-state index in [-0.39, 0.29) is 10.8 Å². The van der Waals surface area contributed by atoms with Crippen molar-refractivity contribution < 1.29 is 9.53 Å². The van der Waals surface area contributed by atoms with Crippen LogP contribution in [0.25, 0.3) is 6.08 Å². The quantitative estimate of drug-likeness (QED) is 0.469. The van der Waals surface area contributed by atoms with Gasteiger partial charge in [-0.05, 0) is 23.8 Å². The van der Waals surface area contributed by atoms with E-state index in [1.807, 2.05) is 30.3 Å². The van der Waals surface area contributed by atoms with E-state index in [1.54, 1.807) is 24.3 Å². The highest BCUT2D eigenvalue weighted by Gasteiger charge is 2.08. The van der Waals surface area contributed by atoms with Gasteiger partial charge in [-0.15, -0.1) is 0 Å². The summed E-state index contributed by atoms with van der Waals surface area (Å²) in [5.41, 5.74) is 0.914. The number of rotatable bonds is 3. The molecule has 0 aliphatic carbocycles. The van der Waals surface area contributed by atoms with E-state index >= 15 is 0 Å². The number of hydrogen-bond donors (Lipinski definition) is 0. The van der Waals surface area contributed by atoms with Crippen molar-refractivity contribution in [3.63, 3.8) is 0 Å². The second kappa shape index (κ2) is 6.41. The van der Waals surface area contributed by atoms with Gasteiger partial charge in [0, 0.05) is 6.08 Å². The first-order valence-electron chi connectivity index (χ1n) is 5.56. The third-order valence-electron chi connectivity index (χ3n) is 2.34. The zero-order valence-electron chi connectivity index (χ0n) is 9.85. The summed E-state index contributed by atoms with van der Waals surface area (Å²) in [6.45, 7) is 0. The normalized spacial score (nSPS) is 10.6. The molecule has 0 saturated carbocycles. The van der Waals surface area contributed by atoms with Gasteiger partial charge < -0.3 is 4.74 Å². The number of ether oxygens (including phenoxy) is 1. The Hall–Kier alpha value is -1.77. The van der Waals surface area contributed by atoms with Gasteiger partial charge >= 0.3 is 5.97 Å². The van der Waals surface area contributed by atoms with Crippen LogP contribution in [0.3, 0.4) is 0 Å². The second-order valence-electron chi connectivity index (χ2n) is 3.72. The molecule has 96 valence electrons. The Kier molecular flexibility index (Phi) is 4.61. The maximum atomic E-state index is 11.6. The summed E-state index contributed by atoms with van der Waals surface area (Å²) in [7, 11) is 0.